The Kier molecular flexibility index (Phi) is 4.66. The summed E-state index contributed by atoms with van der Waals surface area (Å²) in [4.78, 5) is 51.6. The van der Waals surface area contributed by atoms with Gasteiger partial charge in [-0.2, -0.15) is 0 Å². The van der Waals surface area contributed by atoms with E-state index >= 15 is 0 Å². The van der Waals surface area contributed by atoms with Crippen LogP contribution in [-0.4, -0.2) is 28.5 Å². The Hall–Kier alpha value is -3.48. The van der Waals surface area contributed by atoms with Crippen LogP contribution in [-0.2, 0) is 12.8 Å². The second-order valence-electron chi connectivity index (χ2n) is 7.46. The second kappa shape index (κ2) is 7.16. The molecule has 2 aromatic rings. The molecule has 29 heavy (non-hydrogen) atoms. The fourth-order valence-corrected chi connectivity index (χ4v) is 4.17. The minimum absolute atomic E-state index is 0.0496. The largest absolute Gasteiger partial charge is 0.398 e. The first kappa shape index (κ1) is 18.9. The van der Waals surface area contributed by atoms with Crippen LogP contribution in [0.1, 0.15) is 78.2 Å². The van der Waals surface area contributed by atoms with Crippen molar-refractivity contribution in [2.75, 3.05) is 5.73 Å². The van der Waals surface area contributed by atoms with Crippen LogP contribution < -0.4 is 11.5 Å². The minimum Gasteiger partial charge on any atom is -0.398 e. The summed E-state index contributed by atoms with van der Waals surface area (Å²) >= 11 is 0. The summed E-state index contributed by atoms with van der Waals surface area (Å²) in [5.74, 6) is -2.79. The Balaban J connectivity index is 1.82. The first-order chi connectivity index (χ1) is 13.9. The number of anilines is 1. The van der Waals surface area contributed by atoms with Crippen LogP contribution in [0.5, 0.6) is 0 Å². The van der Waals surface area contributed by atoms with E-state index in [0.29, 0.717) is 45.7 Å². The summed E-state index contributed by atoms with van der Waals surface area (Å²) in [6, 6.07) is 7.28. The molecule has 1 aliphatic heterocycles. The zero-order valence-corrected chi connectivity index (χ0v) is 15.9. The zero-order valence-electron chi connectivity index (χ0n) is 15.9. The van der Waals surface area contributed by atoms with Gasteiger partial charge in [0.25, 0.3) is 17.7 Å². The first-order valence-electron chi connectivity index (χ1n) is 9.67. The van der Waals surface area contributed by atoms with Crippen LogP contribution in [0.15, 0.2) is 30.3 Å². The molecular formula is C22H21N3O4. The van der Waals surface area contributed by atoms with E-state index in [9.17, 15) is 19.2 Å². The highest BCUT2D eigenvalue weighted by molar-refractivity contribution is 6.28. The van der Waals surface area contributed by atoms with Gasteiger partial charge >= 0.3 is 0 Å². The number of nitrogen functional groups attached to an aromatic ring is 1. The molecule has 1 heterocycles. The maximum atomic E-state index is 13.3. The number of hydrogen-bond donors (Lipinski definition) is 2. The van der Waals surface area contributed by atoms with E-state index in [0.717, 1.165) is 25.7 Å². The summed E-state index contributed by atoms with van der Waals surface area (Å²) < 4.78 is 0. The third-order valence-electron chi connectivity index (χ3n) is 5.63. The SMILES string of the molecule is NC(=O)c1cccc(C(=O)N2C(=O)c3cc(N)c4c(c3CCCCCC4)C2=O)c1. The standard InChI is InChI=1S/C22H21N3O4/c23-17-11-16-14-8-3-1-2-4-9-15(17)18(14)22(29)25(21(16)28)20(27)13-7-5-6-12(10-13)19(24)26/h5-7,10-11H,1-4,8-9,23H2,(H2,24,26). The Morgan fingerprint density at radius 3 is 2.21 bits per heavy atom. The number of carbonyl (C=O) groups excluding carboxylic acids is 4. The average Bonchev–Trinajstić information content (AvgIpc) is 2.79. The van der Waals surface area contributed by atoms with Crippen molar-refractivity contribution in [3.8, 4) is 0 Å². The maximum absolute atomic E-state index is 13.3. The van der Waals surface area contributed by atoms with E-state index < -0.39 is 23.6 Å². The summed E-state index contributed by atoms with van der Waals surface area (Å²) in [5, 5.41) is 0. The van der Waals surface area contributed by atoms with E-state index in [1.165, 1.54) is 24.3 Å². The number of hydrogen-bond acceptors (Lipinski definition) is 5. The predicted octanol–water partition coefficient (Wildman–Crippen LogP) is 2.46. The molecule has 0 spiro atoms. The van der Waals surface area contributed by atoms with Crippen LogP contribution in [0.25, 0.3) is 0 Å². The number of imide groups is 3. The lowest BCUT2D eigenvalue weighted by Crippen LogP contribution is -2.46. The van der Waals surface area contributed by atoms with Crippen LogP contribution >= 0.6 is 0 Å². The highest BCUT2D eigenvalue weighted by Crippen LogP contribution is 2.36. The van der Waals surface area contributed by atoms with Crippen molar-refractivity contribution in [2.45, 2.75) is 38.5 Å². The van der Waals surface area contributed by atoms with Gasteiger partial charge in [0.05, 0.1) is 0 Å². The lowest BCUT2D eigenvalue weighted by atomic mass is 9.86. The first-order valence-corrected chi connectivity index (χ1v) is 9.67. The summed E-state index contributed by atoms with van der Waals surface area (Å²) in [6.07, 6.45) is 5.05. The summed E-state index contributed by atoms with van der Waals surface area (Å²) in [7, 11) is 0. The molecule has 2 aliphatic rings. The Bertz CT molecular complexity index is 1070. The van der Waals surface area contributed by atoms with Gasteiger partial charge in [-0.05, 0) is 61.1 Å². The van der Waals surface area contributed by atoms with Crippen LogP contribution in [0.3, 0.4) is 0 Å². The number of nitrogens with two attached hydrogens (primary N) is 2. The van der Waals surface area contributed by atoms with Crippen molar-refractivity contribution >= 4 is 29.3 Å². The summed E-state index contributed by atoms with van der Waals surface area (Å²) in [5.41, 5.74) is 14.2. The fraction of sp³-hybridized carbons (Fsp3) is 0.273. The number of carbonyl (C=O) groups is 4. The molecule has 2 aromatic carbocycles. The van der Waals surface area contributed by atoms with Gasteiger partial charge in [0.1, 0.15) is 0 Å². The quantitative estimate of drug-likeness (QED) is 0.601. The zero-order chi connectivity index (χ0) is 20.7. The molecule has 0 fully saturated rings. The average molecular weight is 391 g/mol. The second-order valence-corrected chi connectivity index (χ2v) is 7.46. The van der Waals surface area contributed by atoms with E-state index in [4.69, 9.17) is 11.5 Å². The normalized spacial score (nSPS) is 16.1. The van der Waals surface area contributed by atoms with Crippen LogP contribution in [0.2, 0.25) is 0 Å². The molecule has 0 aromatic heterocycles. The van der Waals surface area contributed by atoms with E-state index in [2.05, 4.69) is 0 Å². The molecule has 148 valence electrons. The van der Waals surface area contributed by atoms with Crippen molar-refractivity contribution in [3.05, 3.63) is 63.7 Å². The monoisotopic (exact) mass is 391 g/mol. The molecule has 7 nitrogen and oxygen atoms in total. The molecular weight excluding hydrogens is 370 g/mol. The minimum atomic E-state index is -0.778. The molecule has 1 aliphatic carbocycles. The molecule has 0 unspecified atom stereocenters. The molecule has 4 bridgehead atoms. The smallest absolute Gasteiger partial charge is 0.268 e. The van der Waals surface area contributed by atoms with Gasteiger partial charge in [0.15, 0.2) is 0 Å². The predicted molar refractivity (Wildman–Crippen MR) is 107 cm³/mol. The lowest BCUT2D eigenvalue weighted by molar-refractivity contribution is 0.0527. The molecule has 4 rings (SSSR count). The van der Waals surface area contributed by atoms with Gasteiger partial charge < -0.3 is 11.5 Å². The van der Waals surface area contributed by atoms with Gasteiger partial charge in [-0.25, -0.2) is 4.90 Å². The number of rotatable bonds is 2. The Labute approximate surface area is 167 Å². The van der Waals surface area contributed by atoms with Gasteiger partial charge in [0, 0.05) is 27.9 Å². The number of primary amides is 1. The van der Waals surface area contributed by atoms with Crippen LogP contribution in [0.4, 0.5) is 5.69 Å². The van der Waals surface area contributed by atoms with E-state index in [1.807, 2.05) is 0 Å². The topological polar surface area (TPSA) is 124 Å². The van der Waals surface area contributed by atoms with Gasteiger partial charge in [-0.3, -0.25) is 19.2 Å². The molecule has 0 saturated carbocycles. The third kappa shape index (κ3) is 3.08. The van der Waals surface area contributed by atoms with Crippen molar-refractivity contribution in [3.63, 3.8) is 0 Å². The highest BCUT2D eigenvalue weighted by Gasteiger charge is 2.41. The lowest BCUT2D eigenvalue weighted by Gasteiger charge is -2.30. The fourth-order valence-electron chi connectivity index (χ4n) is 4.17. The third-order valence-corrected chi connectivity index (χ3v) is 5.63. The van der Waals surface area contributed by atoms with Crippen molar-refractivity contribution in [2.24, 2.45) is 5.73 Å². The number of benzene rings is 2. The molecule has 0 radical (unpaired) electrons. The Morgan fingerprint density at radius 1 is 0.862 bits per heavy atom. The van der Waals surface area contributed by atoms with Crippen molar-refractivity contribution < 1.29 is 19.2 Å². The molecule has 0 atom stereocenters. The van der Waals surface area contributed by atoms with E-state index in [-0.39, 0.29) is 11.1 Å². The Morgan fingerprint density at radius 2 is 1.52 bits per heavy atom. The maximum Gasteiger partial charge on any atom is 0.268 e. The number of nitrogens with zero attached hydrogens (tertiary/aromatic N) is 1. The molecule has 4 N–H and O–H groups in total. The van der Waals surface area contributed by atoms with Gasteiger partial charge in [-0.15, -0.1) is 0 Å². The van der Waals surface area contributed by atoms with E-state index in [1.54, 1.807) is 6.07 Å². The van der Waals surface area contributed by atoms with Crippen LogP contribution in [0, 0.1) is 0 Å². The van der Waals surface area contributed by atoms with Gasteiger partial charge in [0.2, 0.25) is 5.91 Å². The van der Waals surface area contributed by atoms with Gasteiger partial charge in [-0.1, -0.05) is 18.9 Å². The molecule has 0 saturated heterocycles. The van der Waals surface area contributed by atoms with Crippen molar-refractivity contribution in [1.82, 2.24) is 4.90 Å². The molecule has 7 heteroatoms. The summed E-state index contributed by atoms with van der Waals surface area (Å²) in [6.45, 7) is 0. The van der Waals surface area contributed by atoms with Crippen molar-refractivity contribution in [1.29, 1.82) is 0 Å². The molecule has 4 amide bonds. The highest BCUT2D eigenvalue weighted by atomic mass is 16.2. The number of amides is 4.